The van der Waals surface area contributed by atoms with E-state index in [0.717, 1.165) is 41.8 Å². The highest BCUT2D eigenvalue weighted by Gasteiger charge is 2.05. The number of hydrogen-bond donors (Lipinski definition) is 1. The Kier molecular flexibility index (Phi) is 6.67. The Morgan fingerprint density at radius 1 is 1.33 bits per heavy atom. The second-order valence-electron chi connectivity index (χ2n) is 4.80. The minimum absolute atomic E-state index is 0.530. The molecule has 0 spiro atoms. The molecule has 1 heterocycles. The minimum atomic E-state index is 0.530. The third kappa shape index (κ3) is 5.09. The number of thiazole rings is 1. The molecular weight excluding hydrogens is 348 g/mol. The number of aromatic nitrogens is 1. The van der Waals surface area contributed by atoms with Gasteiger partial charge in [-0.2, -0.15) is 0 Å². The van der Waals surface area contributed by atoms with Gasteiger partial charge in [-0.25, -0.2) is 4.98 Å². The number of ether oxygens (including phenoxy) is 1. The SMILES string of the molecule is CCCc1nc(COc2ccc(Br)c(CNCC)c2)cs1. The topological polar surface area (TPSA) is 34.1 Å². The zero-order valence-electron chi connectivity index (χ0n) is 12.5. The Balaban J connectivity index is 1.95. The van der Waals surface area contributed by atoms with Gasteiger partial charge in [-0.05, 0) is 43.1 Å². The van der Waals surface area contributed by atoms with Crippen molar-refractivity contribution < 1.29 is 4.74 Å². The van der Waals surface area contributed by atoms with Gasteiger partial charge in [0.2, 0.25) is 0 Å². The Hall–Kier alpha value is -0.910. The van der Waals surface area contributed by atoms with Crippen molar-refractivity contribution in [3.8, 4) is 5.75 Å². The second-order valence-corrected chi connectivity index (χ2v) is 6.60. The lowest BCUT2D eigenvalue weighted by Gasteiger charge is -2.09. The third-order valence-corrected chi connectivity index (χ3v) is 4.76. The number of benzene rings is 1. The molecule has 3 nitrogen and oxygen atoms in total. The third-order valence-electron chi connectivity index (χ3n) is 3.03. The van der Waals surface area contributed by atoms with Crippen LogP contribution in [0.2, 0.25) is 0 Å². The Morgan fingerprint density at radius 3 is 2.95 bits per heavy atom. The summed E-state index contributed by atoms with van der Waals surface area (Å²) in [6, 6.07) is 6.09. The molecule has 2 rings (SSSR count). The summed E-state index contributed by atoms with van der Waals surface area (Å²) in [5.41, 5.74) is 2.22. The lowest BCUT2D eigenvalue weighted by atomic mass is 10.2. The molecule has 0 radical (unpaired) electrons. The van der Waals surface area contributed by atoms with E-state index in [-0.39, 0.29) is 0 Å². The largest absolute Gasteiger partial charge is 0.487 e. The molecular formula is C16H21BrN2OS. The van der Waals surface area contributed by atoms with Gasteiger partial charge < -0.3 is 10.1 Å². The molecule has 0 aliphatic heterocycles. The molecule has 1 aromatic carbocycles. The summed E-state index contributed by atoms with van der Waals surface area (Å²) in [6.45, 7) is 6.60. The summed E-state index contributed by atoms with van der Waals surface area (Å²) in [6.07, 6.45) is 2.18. The van der Waals surface area contributed by atoms with E-state index in [1.165, 1.54) is 10.6 Å². The van der Waals surface area contributed by atoms with Crippen LogP contribution in [-0.2, 0) is 19.6 Å². The molecule has 1 N–H and O–H groups in total. The molecule has 1 aromatic heterocycles. The molecule has 0 bridgehead atoms. The summed E-state index contributed by atoms with van der Waals surface area (Å²) < 4.78 is 6.96. The lowest BCUT2D eigenvalue weighted by molar-refractivity contribution is 0.301. The molecule has 0 saturated heterocycles. The van der Waals surface area contributed by atoms with Crippen LogP contribution in [0.1, 0.15) is 36.5 Å². The lowest BCUT2D eigenvalue weighted by Crippen LogP contribution is -2.12. The van der Waals surface area contributed by atoms with E-state index in [1.54, 1.807) is 11.3 Å². The maximum atomic E-state index is 5.85. The van der Waals surface area contributed by atoms with Crippen molar-refractivity contribution in [2.24, 2.45) is 0 Å². The zero-order valence-corrected chi connectivity index (χ0v) is 14.9. The first-order valence-electron chi connectivity index (χ1n) is 7.28. The maximum Gasteiger partial charge on any atom is 0.131 e. The number of nitrogens with one attached hydrogen (secondary N) is 1. The van der Waals surface area contributed by atoms with Crippen LogP contribution in [0.25, 0.3) is 0 Å². The average molecular weight is 369 g/mol. The van der Waals surface area contributed by atoms with Crippen LogP contribution in [0, 0.1) is 0 Å². The molecule has 0 amide bonds. The van der Waals surface area contributed by atoms with Crippen molar-refractivity contribution in [2.75, 3.05) is 6.54 Å². The van der Waals surface area contributed by atoms with Crippen LogP contribution in [0.15, 0.2) is 28.1 Å². The molecule has 0 unspecified atom stereocenters. The number of rotatable bonds is 8. The molecule has 0 saturated carbocycles. The summed E-state index contributed by atoms with van der Waals surface area (Å²) in [4.78, 5) is 4.58. The summed E-state index contributed by atoms with van der Waals surface area (Å²) in [5, 5.41) is 6.61. The molecule has 5 heteroatoms. The smallest absolute Gasteiger partial charge is 0.131 e. The van der Waals surface area contributed by atoms with E-state index in [1.807, 2.05) is 12.1 Å². The van der Waals surface area contributed by atoms with Gasteiger partial charge in [0.05, 0.1) is 10.7 Å². The highest BCUT2D eigenvalue weighted by atomic mass is 79.9. The molecule has 0 aliphatic carbocycles. The van der Waals surface area contributed by atoms with E-state index in [9.17, 15) is 0 Å². The summed E-state index contributed by atoms with van der Waals surface area (Å²) in [5.74, 6) is 0.885. The Labute approximate surface area is 138 Å². The quantitative estimate of drug-likeness (QED) is 0.742. The van der Waals surface area contributed by atoms with E-state index < -0.39 is 0 Å². The van der Waals surface area contributed by atoms with Crippen molar-refractivity contribution in [3.63, 3.8) is 0 Å². The monoisotopic (exact) mass is 368 g/mol. The standard InChI is InChI=1S/C16H21BrN2OS/c1-3-5-16-19-13(11-21-16)10-20-14-6-7-15(17)12(8-14)9-18-4-2/h6-8,11,18H,3-5,9-10H2,1-2H3. The first-order chi connectivity index (χ1) is 10.2. The maximum absolute atomic E-state index is 5.85. The molecule has 2 aromatic rings. The second kappa shape index (κ2) is 8.51. The fraction of sp³-hybridized carbons (Fsp3) is 0.438. The van der Waals surface area contributed by atoms with Crippen molar-refractivity contribution >= 4 is 27.3 Å². The average Bonchev–Trinajstić information content (AvgIpc) is 2.93. The summed E-state index contributed by atoms with van der Waals surface area (Å²) >= 11 is 5.29. The molecule has 114 valence electrons. The van der Waals surface area contributed by atoms with Gasteiger partial charge in [0.15, 0.2) is 0 Å². The van der Waals surface area contributed by atoms with Crippen molar-refractivity contribution in [1.29, 1.82) is 0 Å². The van der Waals surface area contributed by atoms with Gasteiger partial charge in [-0.1, -0.05) is 29.8 Å². The molecule has 0 atom stereocenters. The zero-order chi connectivity index (χ0) is 15.1. The number of hydrogen-bond acceptors (Lipinski definition) is 4. The van der Waals surface area contributed by atoms with Gasteiger partial charge in [-0.3, -0.25) is 0 Å². The van der Waals surface area contributed by atoms with Crippen LogP contribution >= 0.6 is 27.3 Å². The van der Waals surface area contributed by atoms with Crippen LogP contribution in [-0.4, -0.2) is 11.5 Å². The minimum Gasteiger partial charge on any atom is -0.487 e. The van der Waals surface area contributed by atoms with Gasteiger partial charge >= 0.3 is 0 Å². The fourth-order valence-corrected chi connectivity index (χ4v) is 3.21. The number of aryl methyl sites for hydroxylation is 1. The van der Waals surface area contributed by atoms with Gasteiger partial charge in [0, 0.05) is 16.4 Å². The Morgan fingerprint density at radius 2 is 2.19 bits per heavy atom. The molecule has 21 heavy (non-hydrogen) atoms. The van der Waals surface area contributed by atoms with E-state index >= 15 is 0 Å². The summed E-state index contributed by atoms with van der Waals surface area (Å²) in [7, 11) is 0. The Bertz CT molecular complexity index is 571. The first-order valence-corrected chi connectivity index (χ1v) is 8.95. The van der Waals surface area contributed by atoms with Gasteiger partial charge in [-0.15, -0.1) is 11.3 Å². The van der Waals surface area contributed by atoms with Crippen LogP contribution in [0.3, 0.4) is 0 Å². The van der Waals surface area contributed by atoms with Crippen molar-refractivity contribution in [2.45, 2.75) is 39.8 Å². The van der Waals surface area contributed by atoms with Gasteiger partial charge in [0.1, 0.15) is 12.4 Å². The van der Waals surface area contributed by atoms with Crippen LogP contribution in [0.4, 0.5) is 0 Å². The number of halogens is 1. The predicted octanol–water partition coefficient (Wildman–Crippen LogP) is 4.55. The highest BCUT2D eigenvalue weighted by molar-refractivity contribution is 9.10. The van der Waals surface area contributed by atoms with Crippen LogP contribution < -0.4 is 10.1 Å². The van der Waals surface area contributed by atoms with Crippen molar-refractivity contribution in [1.82, 2.24) is 10.3 Å². The first kappa shape index (κ1) is 16.5. The molecule has 0 fully saturated rings. The van der Waals surface area contributed by atoms with E-state index in [2.05, 4.69) is 51.5 Å². The normalized spacial score (nSPS) is 10.8. The fourth-order valence-electron chi connectivity index (χ4n) is 1.94. The van der Waals surface area contributed by atoms with E-state index in [0.29, 0.717) is 6.61 Å². The predicted molar refractivity (Wildman–Crippen MR) is 92.0 cm³/mol. The van der Waals surface area contributed by atoms with Gasteiger partial charge in [0.25, 0.3) is 0 Å². The van der Waals surface area contributed by atoms with Crippen molar-refractivity contribution in [3.05, 3.63) is 44.3 Å². The highest BCUT2D eigenvalue weighted by Crippen LogP contribution is 2.23. The number of nitrogens with zero attached hydrogens (tertiary/aromatic N) is 1. The van der Waals surface area contributed by atoms with E-state index in [4.69, 9.17) is 4.74 Å². The van der Waals surface area contributed by atoms with Crippen LogP contribution in [0.5, 0.6) is 5.75 Å². The molecule has 0 aliphatic rings.